The molecule has 26 heavy (non-hydrogen) atoms. The SMILES string of the molecule is Cc1nc(CN2CCCC2CC(O)c2ccccc2)nc2ccccc12. The summed E-state index contributed by atoms with van der Waals surface area (Å²) < 4.78 is 0. The molecule has 2 unspecified atom stereocenters. The number of aliphatic hydroxyl groups excluding tert-OH is 1. The Hall–Kier alpha value is -2.30. The molecule has 4 heteroatoms. The van der Waals surface area contributed by atoms with Gasteiger partial charge < -0.3 is 5.11 Å². The highest BCUT2D eigenvalue weighted by atomic mass is 16.3. The molecule has 0 amide bonds. The molecule has 134 valence electrons. The average Bonchev–Trinajstić information content (AvgIpc) is 3.09. The summed E-state index contributed by atoms with van der Waals surface area (Å²) in [7, 11) is 0. The fourth-order valence-electron chi connectivity index (χ4n) is 3.99. The number of hydrogen-bond acceptors (Lipinski definition) is 4. The topological polar surface area (TPSA) is 49.2 Å². The average molecular weight is 347 g/mol. The van der Waals surface area contributed by atoms with Crippen molar-refractivity contribution in [3.05, 3.63) is 71.7 Å². The van der Waals surface area contributed by atoms with Crippen molar-refractivity contribution in [1.82, 2.24) is 14.9 Å². The van der Waals surface area contributed by atoms with E-state index in [-0.39, 0.29) is 0 Å². The minimum absolute atomic E-state index is 0.376. The molecule has 4 rings (SSSR count). The van der Waals surface area contributed by atoms with Crippen LogP contribution in [-0.4, -0.2) is 32.6 Å². The van der Waals surface area contributed by atoms with E-state index in [0.29, 0.717) is 6.04 Å². The van der Waals surface area contributed by atoms with Gasteiger partial charge in [-0.15, -0.1) is 0 Å². The van der Waals surface area contributed by atoms with Gasteiger partial charge in [-0.2, -0.15) is 0 Å². The van der Waals surface area contributed by atoms with Gasteiger partial charge in [0.15, 0.2) is 0 Å². The molecule has 2 heterocycles. The van der Waals surface area contributed by atoms with E-state index in [2.05, 4.69) is 11.0 Å². The van der Waals surface area contributed by atoms with Crippen LogP contribution < -0.4 is 0 Å². The normalized spacial score (nSPS) is 19.1. The molecule has 4 nitrogen and oxygen atoms in total. The van der Waals surface area contributed by atoms with E-state index in [9.17, 15) is 5.11 Å². The van der Waals surface area contributed by atoms with Crippen LogP contribution in [0.4, 0.5) is 0 Å². The van der Waals surface area contributed by atoms with E-state index >= 15 is 0 Å². The summed E-state index contributed by atoms with van der Waals surface area (Å²) in [5, 5.41) is 11.7. The van der Waals surface area contributed by atoms with Crippen LogP contribution in [0.15, 0.2) is 54.6 Å². The second-order valence-electron chi connectivity index (χ2n) is 7.17. The fourth-order valence-corrected chi connectivity index (χ4v) is 3.99. The van der Waals surface area contributed by atoms with Crippen molar-refractivity contribution in [2.24, 2.45) is 0 Å². The lowest BCUT2D eigenvalue weighted by atomic mass is 10.0. The zero-order valence-corrected chi connectivity index (χ0v) is 15.2. The molecule has 3 aromatic rings. The molecule has 0 bridgehead atoms. The Labute approximate surface area is 154 Å². The van der Waals surface area contributed by atoms with Gasteiger partial charge in [0.05, 0.1) is 18.2 Å². The van der Waals surface area contributed by atoms with E-state index in [1.165, 1.54) is 6.42 Å². The Morgan fingerprint density at radius 2 is 1.85 bits per heavy atom. The van der Waals surface area contributed by atoms with Crippen molar-refractivity contribution in [1.29, 1.82) is 0 Å². The monoisotopic (exact) mass is 347 g/mol. The highest BCUT2D eigenvalue weighted by Gasteiger charge is 2.28. The molecule has 2 aromatic carbocycles. The molecular weight excluding hydrogens is 322 g/mol. The number of aromatic nitrogens is 2. The maximum absolute atomic E-state index is 10.6. The molecule has 1 aliphatic rings. The molecule has 0 aliphatic carbocycles. The van der Waals surface area contributed by atoms with E-state index in [1.54, 1.807) is 0 Å². The molecule has 1 N–H and O–H groups in total. The summed E-state index contributed by atoms with van der Waals surface area (Å²) in [5.41, 5.74) is 3.04. The number of fused-ring (bicyclic) bond motifs is 1. The molecule has 0 spiro atoms. The molecule has 2 atom stereocenters. The van der Waals surface area contributed by atoms with Gasteiger partial charge in [-0.25, -0.2) is 9.97 Å². The zero-order chi connectivity index (χ0) is 17.9. The van der Waals surface area contributed by atoms with Gasteiger partial charge >= 0.3 is 0 Å². The predicted octanol–water partition coefficient (Wildman–Crippen LogP) is 4.03. The lowest BCUT2D eigenvalue weighted by Crippen LogP contribution is -2.31. The van der Waals surface area contributed by atoms with Crippen LogP contribution in [0, 0.1) is 6.92 Å². The van der Waals surface area contributed by atoms with E-state index in [1.807, 2.05) is 55.5 Å². The largest absolute Gasteiger partial charge is 0.388 e. The van der Waals surface area contributed by atoms with Gasteiger partial charge in [0.2, 0.25) is 0 Å². The van der Waals surface area contributed by atoms with Gasteiger partial charge in [-0.3, -0.25) is 4.90 Å². The molecule has 1 aromatic heterocycles. The zero-order valence-electron chi connectivity index (χ0n) is 15.2. The maximum Gasteiger partial charge on any atom is 0.143 e. The quantitative estimate of drug-likeness (QED) is 0.757. The summed E-state index contributed by atoms with van der Waals surface area (Å²) in [6.07, 6.45) is 2.63. The van der Waals surface area contributed by atoms with Crippen LogP contribution in [-0.2, 0) is 6.54 Å². The van der Waals surface area contributed by atoms with Crippen LogP contribution in [0.1, 0.15) is 42.4 Å². The summed E-state index contributed by atoms with van der Waals surface area (Å²) in [4.78, 5) is 11.9. The van der Waals surface area contributed by atoms with E-state index < -0.39 is 6.10 Å². The Morgan fingerprint density at radius 3 is 2.69 bits per heavy atom. The van der Waals surface area contributed by atoms with Gasteiger partial charge in [0, 0.05) is 17.1 Å². The second kappa shape index (κ2) is 7.52. The highest BCUT2D eigenvalue weighted by molar-refractivity contribution is 5.80. The number of aliphatic hydroxyl groups is 1. The molecule has 1 fully saturated rings. The molecule has 1 aliphatic heterocycles. The third-order valence-corrected chi connectivity index (χ3v) is 5.36. The lowest BCUT2D eigenvalue weighted by molar-refractivity contribution is 0.117. The van der Waals surface area contributed by atoms with Gasteiger partial charge in [-0.05, 0) is 44.4 Å². The first-order valence-electron chi connectivity index (χ1n) is 9.40. The summed E-state index contributed by atoms with van der Waals surface area (Å²) in [6.45, 7) is 3.84. The molecule has 0 saturated carbocycles. The van der Waals surface area contributed by atoms with E-state index in [0.717, 1.165) is 53.9 Å². The number of rotatable bonds is 5. The number of para-hydroxylation sites is 1. The van der Waals surface area contributed by atoms with E-state index in [4.69, 9.17) is 9.97 Å². The summed E-state index contributed by atoms with van der Waals surface area (Å²) >= 11 is 0. The van der Waals surface area contributed by atoms with Crippen LogP contribution in [0.2, 0.25) is 0 Å². The Morgan fingerprint density at radius 1 is 1.08 bits per heavy atom. The summed E-state index contributed by atoms with van der Waals surface area (Å²) in [5.74, 6) is 0.877. The number of benzene rings is 2. The smallest absolute Gasteiger partial charge is 0.143 e. The Bertz CT molecular complexity index is 881. The number of aryl methyl sites for hydroxylation is 1. The van der Waals surface area contributed by atoms with Gasteiger partial charge in [0.25, 0.3) is 0 Å². The molecule has 1 saturated heterocycles. The third kappa shape index (κ3) is 3.62. The van der Waals surface area contributed by atoms with Crippen LogP contribution in [0.5, 0.6) is 0 Å². The van der Waals surface area contributed by atoms with Crippen LogP contribution >= 0.6 is 0 Å². The maximum atomic E-state index is 10.6. The highest BCUT2D eigenvalue weighted by Crippen LogP contribution is 2.28. The van der Waals surface area contributed by atoms with Crippen LogP contribution in [0.3, 0.4) is 0 Å². The Balaban J connectivity index is 1.49. The summed E-state index contributed by atoms with van der Waals surface area (Å²) in [6, 6.07) is 18.5. The van der Waals surface area contributed by atoms with Gasteiger partial charge in [0.1, 0.15) is 5.82 Å². The standard InChI is InChI=1S/C22H25N3O/c1-16-19-11-5-6-12-20(19)24-22(23-16)15-25-13-7-10-18(25)14-21(26)17-8-3-2-4-9-17/h2-6,8-9,11-12,18,21,26H,7,10,13-15H2,1H3. The fraction of sp³-hybridized carbons (Fsp3) is 0.364. The third-order valence-electron chi connectivity index (χ3n) is 5.36. The molecular formula is C22H25N3O. The van der Waals surface area contributed by atoms with Crippen molar-refractivity contribution >= 4 is 10.9 Å². The number of likely N-dealkylation sites (tertiary alicyclic amines) is 1. The van der Waals surface area contributed by atoms with Crippen molar-refractivity contribution in [2.45, 2.75) is 44.9 Å². The van der Waals surface area contributed by atoms with Gasteiger partial charge in [-0.1, -0.05) is 48.5 Å². The predicted molar refractivity (Wildman–Crippen MR) is 104 cm³/mol. The van der Waals surface area contributed by atoms with Crippen molar-refractivity contribution in [3.8, 4) is 0 Å². The first-order valence-corrected chi connectivity index (χ1v) is 9.40. The van der Waals surface area contributed by atoms with Crippen LogP contribution in [0.25, 0.3) is 10.9 Å². The first kappa shape index (κ1) is 17.1. The minimum atomic E-state index is -0.416. The lowest BCUT2D eigenvalue weighted by Gasteiger charge is -2.26. The minimum Gasteiger partial charge on any atom is -0.388 e. The van der Waals surface area contributed by atoms with Crippen molar-refractivity contribution < 1.29 is 5.11 Å². The van der Waals surface area contributed by atoms with Crippen molar-refractivity contribution in [2.75, 3.05) is 6.54 Å². The first-order chi connectivity index (χ1) is 12.7. The number of nitrogens with zero attached hydrogens (tertiary/aromatic N) is 3. The van der Waals surface area contributed by atoms with Crippen molar-refractivity contribution in [3.63, 3.8) is 0 Å². The number of hydrogen-bond donors (Lipinski definition) is 1. The second-order valence-corrected chi connectivity index (χ2v) is 7.17. The Kier molecular flexibility index (Phi) is 4.96. The molecule has 0 radical (unpaired) electrons.